The van der Waals surface area contributed by atoms with Gasteiger partial charge in [-0.15, -0.1) is 0 Å². The van der Waals surface area contributed by atoms with Gasteiger partial charge < -0.3 is 9.47 Å². The molecular formula is C18H15NO3. The maximum Gasteiger partial charge on any atom is 0.344 e. The molecule has 0 atom stereocenters. The lowest BCUT2D eigenvalue weighted by atomic mass is 10.1. The molecule has 22 heavy (non-hydrogen) atoms. The van der Waals surface area contributed by atoms with Crippen LogP contribution in [0.2, 0.25) is 0 Å². The van der Waals surface area contributed by atoms with Crippen LogP contribution in [0.4, 0.5) is 0 Å². The zero-order chi connectivity index (χ0) is 15.5. The van der Waals surface area contributed by atoms with Crippen molar-refractivity contribution in [3.63, 3.8) is 0 Å². The van der Waals surface area contributed by atoms with Crippen molar-refractivity contribution in [2.75, 3.05) is 7.11 Å². The monoisotopic (exact) mass is 293 g/mol. The van der Waals surface area contributed by atoms with E-state index in [1.165, 1.54) is 0 Å². The smallest absolute Gasteiger partial charge is 0.344 e. The quantitative estimate of drug-likeness (QED) is 0.545. The van der Waals surface area contributed by atoms with Crippen molar-refractivity contribution < 1.29 is 14.3 Å². The summed E-state index contributed by atoms with van der Waals surface area (Å²) in [5, 5.41) is 0.771. The van der Waals surface area contributed by atoms with Crippen molar-refractivity contribution in [3.05, 3.63) is 65.9 Å². The third kappa shape index (κ3) is 2.63. The van der Waals surface area contributed by atoms with Gasteiger partial charge in [0.05, 0.1) is 18.2 Å². The number of benzene rings is 2. The van der Waals surface area contributed by atoms with Crippen LogP contribution in [-0.4, -0.2) is 18.1 Å². The summed E-state index contributed by atoms with van der Waals surface area (Å²) in [5.74, 6) is 0.491. The SMILES string of the molecule is COc1ccccc1OC(=O)c1cc(C)nc2ccccc12. The van der Waals surface area contributed by atoms with Crippen LogP contribution < -0.4 is 9.47 Å². The molecule has 0 aliphatic heterocycles. The number of hydrogen-bond acceptors (Lipinski definition) is 4. The lowest BCUT2D eigenvalue weighted by Crippen LogP contribution is -2.10. The molecule has 0 spiro atoms. The van der Waals surface area contributed by atoms with Crippen LogP contribution in [-0.2, 0) is 0 Å². The number of ether oxygens (including phenoxy) is 2. The maximum absolute atomic E-state index is 12.5. The molecule has 0 radical (unpaired) electrons. The second-order valence-electron chi connectivity index (χ2n) is 4.87. The van der Waals surface area contributed by atoms with Gasteiger partial charge in [0.1, 0.15) is 0 Å². The normalized spacial score (nSPS) is 10.5. The number of carbonyl (C=O) groups is 1. The lowest BCUT2D eigenvalue weighted by molar-refractivity contribution is 0.0731. The molecule has 0 aliphatic carbocycles. The maximum atomic E-state index is 12.5. The summed E-state index contributed by atoms with van der Waals surface area (Å²) in [6.45, 7) is 1.85. The fourth-order valence-electron chi connectivity index (χ4n) is 2.33. The molecule has 3 aromatic rings. The first-order valence-corrected chi connectivity index (χ1v) is 6.90. The molecule has 0 saturated carbocycles. The Kier molecular flexibility index (Phi) is 3.74. The highest BCUT2D eigenvalue weighted by atomic mass is 16.6. The second kappa shape index (κ2) is 5.85. The Labute approximate surface area is 128 Å². The van der Waals surface area contributed by atoms with Gasteiger partial charge in [0.25, 0.3) is 0 Å². The third-order valence-corrected chi connectivity index (χ3v) is 3.34. The predicted octanol–water partition coefficient (Wildman–Crippen LogP) is 3.77. The number of methoxy groups -OCH3 is 1. The van der Waals surface area contributed by atoms with Gasteiger partial charge in [-0.05, 0) is 31.2 Å². The summed E-state index contributed by atoms with van der Waals surface area (Å²) in [7, 11) is 1.54. The Balaban J connectivity index is 2.02. The van der Waals surface area contributed by atoms with E-state index in [0.29, 0.717) is 17.1 Å². The van der Waals surface area contributed by atoms with E-state index in [4.69, 9.17) is 9.47 Å². The van der Waals surface area contributed by atoms with Gasteiger partial charge in [-0.2, -0.15) is 0 Å². The van der Waals surface area contributed by atoms with Crippen molar-refractivity contribution in [2.45, 2.75) is 6.92 Å². The van der Waals surface area contributed by atoms with Crippen LogP contribution in [0, 0.1) is 6.92 Å². The number of para-hydroxylation sites is 3. The number of rotatable bonds is 3. The predicted molar refractivity (Wildman–Crippen MR) is 84.4 cm³/mol. The number of nitrogens with zero attached hydrogens (tertiary/aromatic N) is 1. The number of esters is 1. The molecule has 4 nitrogen and oxygen atoms in total. The van der Waals surface area contributed by atoms with Crippen molar-refractivity contribution in [1.82, 2.24) is 4.98 Å². The minimum atomic E-state index is -0.425. The largest absolute Gasteiger partial charge is 0.493 e. The summed E-state index contributed by atoms with van der Waals surface area (Å²) in [6.07, 6.45) is 0. The Bertz CT molecular complexity index is 843. The standard InChI is InChI=1S/C18H15NO3/c1-12-11-14(13-7-3-4-8-15(13)19-12)18(20)22-17-10-6-5-9-16(17)21-2/h3-11H,1-2H3. The number of aromatic nitrogens is 1. The highest BCUT2D eigenvalue weighted by Crippen LogP contribution is 2.28. The lowest BCUT2D eigenvalue weighted by Gasteiger charge is -2.10. The Hall–Kier alpha value is -2.88. The molecule has 0 amide bonds. The first kappa shape index (κ1) is 14.1. The van der Waals surface area contributed by atoms with E-state index in [1.807, 2.05) is 37.3 Å². The van der Waals surface area contributed by atoms with Gasteiger partial charge >= 0.3 is 5.97 Å². The summed E-state index contributed by atoms with van der Waals surface area (Å²) in [4.78, 5) is 17.0. The molecule has 1 heterocycles. The highest BCUT2D eigenvalue weighted by molar-refractivity contribution is 6.04. The average molecular weight is 293 g/mol. The van der Waals surface area contributed by atoms with E-state index in [1.54, 1.807) is 31.4 Å². The minimum Gasteiger partial charge on any atom is -0.493 e. The van der Waals surface area contributed by atoms with Gasteiger partial charge in [0.2, 0.25) is 0 Å². The van der Waals surface area contributed by atoms with Gasteiger partial charge in [-0.3, -0.25) is 4.98 Å². The van der Waals surface area contributed by atoms with Crippen LogP contribution in [0.3, 0.4) is 0 Å². The topological polar surface area (TPSA) is 48.4 Å². The first-order valence-electron chi connectivity index (χ1n) is 6.90. The van der Waals surface area contributed by atoms with Crippen molar-refractivity contribution in [3.8, 4) is 11.5 Å². The molecule has 3 rings (SSSR count). The molecule has 1 aromatic heterocycles. The van der Waals surface area contributed by atoms with Crippen LogP contribution in [0.15, 0.2) is 54.6 Å². The van der Waals surface area contributed by atoms with E-state index in [2.05, 4.69) is 4.98 Å². The minimum absolute atomic E-state index is 0.397. The molecular weight excluding hydrogens is 278 g/mol. The number of pyridine rings is 1. The van der Waals surface area contributed by atoms with Crippen molar-refractivity contribution in [1.29, 1.82) is 0 Å². The van der Waals surface area contributed by atoms with E-state index < -0.39 is 5.97 Å². The molecule has 0 bridgehead atoms. The Morgan fingerprint density at radius 3 is 2.45 bits per heavy atom. The molecule has 4 heteroatoms. The van der Waals surface area contributed by atoms with E-state index in [0.717, 1.165) is 16.6 Å². The molecule has 0 aliphatic rings. The van der Waals surface area contributed by atoms with Gasteiger partial charge in [0, 0.05) is 11.1 Å². The van der Waals surface area contributed by atoms with Crippen LogP contribution >= 0.6 is 0 Å². The number of carbonyl (C=O) groups excluding carboxylic acids is 1. The van der Waals surface area contributed by atoms with Gasteiger partial charge in [-0.1, -0.05) is 30.3 Å². The average Bonchev–Trinajstić information content (AvgIpc) is 2.54. The summed E-state index contributed by atoms with van der Waals surface area (Å²) >= 11 is 0. The zero-order valence-corrected chi connectivity index (χ0v) is 12.4. The summed E-state index contributed by atoms with van der Waals surface area (Å²) in [6, 6.07) is 16.3. The van der Waals surface area contributed by atoms with Gasteiger partial charge in [-0.25, -0.2) is 4.79 Å². The fraction of sp³-hybridized carbons (Fsp3) is 0.111. The molecule has 110 valence electrons. The third-order valence-electron chi connectivity index (χ3n) is 3.34. The van der Waals surface area contributed by atoms with E-state index >= 15 is 0 Å². The molecule has 0 N–H and O–H groups in total. The molecule has 0 fully saturated rings. The Morgan fingerprint density at radius 2 is 1.68 bits per heavy atom. The van der Waals surface area contributed by atoms with Crippen molar-refractivity contribution in [2.24, 2.45) is 0 Å². The Morgan fingerprint density at radius 1 is 1.00 bits per heavy atom. The summed E-state index contributed by atoms with van der Waals surface area (Å²) < 4.78 is 10.7. The molecule has 2 aromatic carbocycles. The van der Waals surface area contributed by atoms with Crippen LogP contribution in [0.25, 0.3) is 10.9 Å². The van der Waals surface area contributed by atoms with E-state index in [9.17, 15) is 4.79 Å². The van der Waals surface area contributed by atoms with Crippen LogP contribution in [0.5, 0.6) is 11.5 Å². The molecule has 0 unspecified atom stereocenters. The summed E-state index contributed by atoms with van der Waals surface area (Å²) in [5.41, 5.74) is 2.04. The van der Waals surface area contributed by atoms with E-state index in [-0.39, 0.29) is 0 Å². The number of fused-ring (bicyclic) bond motifs is 1. The van der Waals surface area contributed by atoms with Gasteiger partial charge in [0.15, 0.2) is 11.5 Å². The number of aryl methyl sites for hydroxylation is 1. The van der Waals surface area contributed by atoms with Crippen molar-refractivity contribution >= 4 is 16.9 Å². The zero-order valence-electron chi connectivity index (χ0n) is 12.4. The molecule has 0 saturated heterocycles. The highest BCUT2D eigenvalue weighted by Gasteiger charge is 2.16. The fourth-order valence-corrected chi connectivity index (χ4v) is 2.33. The second-order valence-corrected chi connectivity index (χ2v) is 4.87. The first-order chi connectivity index (χ1) is 10.7. The van der Waals surface area contributed by atoms with Crippen LogP contribution in [0.1, 0.15) is 16.1 Å². The number of hydrogen-bond donors (Lipinski definition) is 0.